The summed E-state index contributed by atoms with van der Waals surface area (Å²) < 4.78 is 41.3. The summed E-state index contributed by atoms with van der Waals surface area (Å²) in [5.74, 6) is -1.69. The van der Waals surface area contributed by atoms with Crippen LogP contribution in [0.3, 0.4) is 0 Å². The van der Waals surface area contributed by atoms with Gasteiger partial charge in [-0.1, -0.05) is 12.1 Å². The predicted octanol–water partition coefficient (Wildman–Crippen LogP) is 4.07. The molecule has 7 heteroatoms. The van der Waals surface area contributed by atoms with E-state index in [9.17, 15) is 18.0 Å². The number of benzene rings is 2. The van der Waals surface area contributed by atoms with Gasteiger partial charge >= 0.3 is 6.03 Å². The summed E-state index contributed by atoms with van der Waals surface area (Å²) >= 11 is 0. The SMILES string of the molecule is O=C(NCCc1ccc(F)cc1)Nc1cc(F)c(N2CCCC2)c(F)c1. The van der Waals surface area contributed by atoms with E-state index in [1.54, 1.807) is 17.0 Å². The van der Waals surface area contributed by atoms with Crippen LogP contribution in [-0.4, -0.2) is 25.7 Å². The van der Waals surface area contributed by atoms with Gasteiger partial charge in [0.25, 0.3) is 0 Å². The molecule has 2 amide bonds. The summed E-state index contributed by atoms with van der Waals surface area (Å²) in [7, 11) is 0. The van der Waals surface area contributed by atoms with Crippen LogP contribution in [0, 0.1) is 17.5 Å². The van der Waals surface area contributed by atoms with E-state index >= 15 is 0 Å². The van der Waals surface area contributed by atoms with Crippen molar-refractivity contribution in [1.82, 2.24) is 5.32 Å². The quantitative estimate of drug-likeness (QED) is 0.841. The maximum Gasteiger partial charge on any atom is 0.319 e. The molecule has 0 radical (unpaired) electrons. The van der Waals surface area contributed by atoms with Crippen LogP contribution in [0.5, 0.6) is 0 Å². The van der Waals surface area contributed by atoms with Crippen LogP contribution >= 0.6 is 0 Å². The maximum absolute atomic E-state index is 14.2. The van der Waals surface area contributed by atoms with E-state index in [1.165, 1.54) is 12.1 Å². The Morgan fingerprint density at radius 3 is 2.23 bits per heavy atom. The molecule has 0 bridgehead atoms. The van der Waals surface area contributed by atoms with Crippen molar-refractivity contribution in [2.45, 2.75) is 19.3 Å². The molecule has 1 heterocycles. The zero-order chi connectivity index (χ0) is 18.5. The van der Waals surface area contributed by atoms with Gasteiger partial charge in [0.1, 0.15) is 11.5 Å². The van der Waals surface area contributed by atoms with Crippen molar-refractivity contribution in [2.75, 3.05) is 29.9 Å². The number of carbonyl (C=O) groups excluding carboxylic acids is 1. The Morgan fingerprint density at radius 2 is 1.62 bits per heavy atom. The van der Waals surface area contributed by atoms with E-state index in [4.69, 9.17) is 0 Å². The highest BCUT2D eigenvalue weighted by molar-refractivity contribution is 5.89. The third-order valence-corrected chi connectivity index (χ3v) is 4.31. The predicted molar refractivity (Wildman–Crippen MR) is 94.9 cm³/mol. The molecule has 2 N–H and O–H groups in total. The number of nitrogens with zero attached hydrogens (tertiary/aromatic N) is 1. The Morgan fingerprint density at radius 1 is 1.00 bits per heavy atom. The fourth-order valence-electron chi connectivity index (χ4n) is 3.03. The Balaban J connectivity index is 1.54. The summed E-state index contributed by atoms with van der Waals surface area (Å²) in [6.45, 7) is 1.57. The second-order valence-electron chi connectivity index (χ2n) is 6.24. The molecular weight excluding hydrogens is 343 g/mol. The lowest BCUT2D eigenvalue weighted by molar-refractivity contribution is 0.252. The highest BCUT2D eigenvalue weighted by Crippen LogP contribution is 2.29. The first-order valence-corrected chi connectivity index (χ1v) is 8.56. The molecule has 0 atom stereocenters. The van der Waals surface area contributed by atoms with Gasteiger partial charge in [-0.05, 0) is 49.1 Å². The van der Waals surface area contributed by atoms with Crippen LogP contribution in [0.15, 0.2) is 36.4 Å². The van der Waals surface area contributed by atoms with E-state index in [0.29, 0.717) is 26.1 Å². The average molecular weight is 363 g/mol. The van der Waals surface area contributed by atoms with E-state index in [0.717, 1.165) is 30.5 Å². The maximum atomic E-state index is 14.2. The number of halogens is 3. The van der Waals surface area contributed by atoms with Gasteiger partial charge in [0, 0.05) is 25.3 Å². The summed E-state index contributed by atoms with van der Waals surface area (Å²) in [6, 6.07) is 7.66. The van der Waals surface area contributed by atoms with Gasteiger partial charge in [-0.15, -0.1) is 0 Å². The molecule has 0 saturated carbocycles. The van der Waals surface area contributed by atoms with Gasteiger partial charge in [0.2, 0.25) is 0 Å². The molecule has 0 spiro atoms. The van der Waals surface area contributed by atoms with Gasteiger partial charge in [0.05, 0.1) is 0 Å². The lowest BCUT2D eigenvalue weighted by Crippen LogP contribution is -2.30. The van der Waals surface area contributed by atoms with Crippen LogP contribution in [0.1, 0.15) is 18.4 Å². The first-order valence-electron chi connectivity index (χ1n) is 8.56. The van der Waals surface area contributed by atoms with Gasteiger partial charge in [-0.25, -0.2) is 18.0 Å². The molecule has 1 aliphatic heterocycles. The third kappa shape index (κ3) is 4.47. The molecule has 138 valence electrons. The zero-order valence-electron chi connectivity index (χ0n) is 14.2. The summed E-state index contributed by atoms with van der Waals surface area (Å²) in [4.78, 5) is 13.6. The summed E-state index contributed by atoms with van der Waals surface area (Å²) in [5.41, 5.74) is 0.894. The monoisotopic (exact) mass is 363 g/mol. The van der Waals surface area contributed by atoms with E-state index < -0.39 is 17.7 Å². The normalized spacial score (nSPS) is 13.7. The number of nitrogens with one attached hydrogen (secondary N) is 2. The fraction of sp³-hybridized carbons (Fsp3) is 0.316. The smallest absolute Gasteiger partial charge is 0.319 e. The van der Waals surface area contributed by atoms with E-state index in [-0.39, 0.29) is 17.2 Å². The van der Waals surface area contributed by atoms with Gasteiger partial charge < -0.3 is 15.5 Å². The number of amides is 2. The van der Waals surface area contributed by atoms with Gasteiger partial charge in [0.15, 0.2) is 11.6 Å². The van der Waals surface area contributed by atoms with Gasteiger partial charge in [-0.3, -0.25) is 0 Å². The van der Waals surface area contributed by atoms with Crippen LogP contribution in [0.4, 0.5) is 29.3 Å². The molecule has 1 saturated heterocycles. The first kappa shape index (κ1) is 18.1. The fourth-order valence-corrected chi connectivity index (χ4v) is 3.03. The topological polar surface area (TPSA) is 44.4 Å². The highest BCUT2D eigenvalue weighted by Gasteiger charge is 2.21. The largest absolute Gasteiger partial charge is 0.367 e. The molecule has 1 aliphatic rings. The number of hydrogen-bond acceptors (Lipinski definition) is 2. The van der Waals surface area contributed by atoms with E-state index in [2.05, 4.69) is 10.6 Å². The van der Waals surface area contributed by atoms with Crippen molar-refractivity contribution in [3.63, 3.8) is 0 Å². The molecule has 0 aliphatic carbocycles. The van der Waals surface area contributed by atoms with Crippen LogP contribution in [0.25, 0.3) is 0 Å². The standard InChI is InChI=1S/C19H20F3N3O/c20-14-5-3-13(4-6-14)7-8-23-19(26)24-15-11-16(21)18(17(22)12-15)25-9-1-2-10-25/h3-6,11-12H,1-2,7-10H2,(H2,23,24,26). The number of anilines is 2. The molecule has 0 aromatic heterocycles. The molecule has 2 aromatic carbocycles. The molecular formula is C19H20F3N3O. The van der Waals surface area contributed by atoms with Crippen molar-refractivity contribution in [3.05, 3.63) is 59.4 Å². The van der Waals surface area contributed by atoms with Crippen molar-refractivity contribution in [1.29, 1.82) is 0 Å². The first-order chi connectivity index (χ1) is 12.5. The van der Waals surface area contributed by atoms with Gasteiger partial charge in [-0.2, -0.15) is 0 Å². The minimum absolute atomic E-state index is 0.0373. The minimum atomic E-state index is -0.687. The summed E-state index contributed by atoms with van der Waals surface area (Å²) in [6.07, 6.45) is 2.34. The third-order valence-electron chi connectivity index (χ3n) is 4.31. The molecule has 0 unspecified atom stereocenters. The number of carbonyl (C=O) groups is 1. The molecule has 4 nitrogen and oxygen atoms in total. The van der Waals surface area contributed by atoms with Crippen LogP contribution in [0.2, 0.25) is 0 Å². The molecule has 1 fully saturated rings. The van der Waals surface area contributed by atoms with Crippen molar-refractivity contribution in [2.24, 2.45) is 0 Å². The Kier molecular flexibility index (Phi) is 5.65. The number of urea groups is 1. The summed E-state index contributed by atoms with van der Waals surface area (Å²) in [5, 5.41) is 5.03. The molecule has 2 aromatic rings. The zero-order valence-corrected chi connectivity index (χ0v) is 14.2. The van der Waals surface area contributed by atoms with Crippen LogP contribution in [-0.2, 0) is 6.42 Å². The lowest BCUT2D eigenvalue weighted by atomic mass is 10.1. The van der Waals surface area contributed by atoms with E-state index in [1.807, 2.05) is 0 Å². The minimum Gasteiger partial charge on any atom is -0.367 e. The average Bonchev–Trinajstić information content (AvgIpc) is 3.10. The molecule has 26 heavy (non-hydrogen) atoms. The Bertz CT molecular complexity index is 751. The second kappa shape index (κ2) is 8.12. The van der Waals surface area contributed by atoms with Crippen molar-refractivity contribution < 1.29 is 18.0 Å². The van der Waals surface area contributed by atoms with Crippen molar-refractivity contribution in [3.8, 4) is 0 Å². The highest BCUT2D eigenvalue weighted by atomic mass is 19.1. The Labute approximate surface area is 150 Å². The number of rotatable bonds is 5. The lowest BCUT2D eigenvalue weighted by Gasteiger charge is -2.20. The number of hydrogen-bond donors (Lipinski definition) is 2. The molecule has 3 rings (SSSR count). The Hall–Kier alpha value is -2.70. The van der Waals surface area contributed by atoms with Crippen LogP contribution < -0.4 is 15.5 Å². The van der Waals surface area contributed by atoms with Crippen molar-refractivity contribution >= 4 is 17.4 Å². The second-order valence-corrected chi connectivity index (χ2v) is 6.24.